The van der Waals surface area contributed by atoms with Crippen LogP contribution >= 0.6 is 11.6 Å². The van der Waals surface area contributed by atoms with Gasteiger partial charge in [-0.1, -0.05) is 11.6 Å². The predicted molar refractivity (Wildman–Crippen MR) is 90.0 cm³/mol. The highest BCUT2D eigenvalue weighted by Crippen LogP contribution is 2.26. The number of rotatable bonds is 4. The minimum atomic E-state index is -1.66. The van der Waals surface area contributed by atoms with Crippen LogP contribution in [0, 0.1) is 23.4 Å². The Morgan fingerprint density at radius 3 is 2.46 bits per heavy atom. The van der Waals surface area contributed by atoms with Crippen molar-refractivity contribution in [1.82, 2.24) is 5.43 Å². The van der Waals surface area contributed by atoms with E-state index in [1.165, 1.54) is 4.90 Å². The van der Waals surface area contributed by atoms with E-state index in [-0.39, 0.29) is 6.42 Å². The van der Waals surface area contributed by atoms with Gasteiger partial charge in [-0.15, -0.1) is 0 Å². The molecule has 1 aliphatic heterocycles. The number of anilines is 2. The van der Waals surface area contributed by atoms with Gasteiger partial charge in [0.2, 0.25) is 5.91 Å². The van der Waals surface area contributed by atoms with Gasteiger partial charge in [0.05, 0.1) is 5.69 Å². The second kappa shape index (κ2) is 7.25. The molecule has 1 unspecified atom stereocenters. The van der Waals surface area contributed by atoms with Gasteiger partial charge in [0.25, 0.3) is 5.91 Å². The molecule has 0 radical (unpaired) electrons. The molecule has 9 heteroatoms. The molecule has 1 atom stereocenters. The lowest BCUT2D eigenvalue weighted by molar-refractivity contribution is -0.131. The third-order valence-corrected chi connectivity index (χ3v) is 4.27. The van der Waals surface area contributed by atoms with Crippen molar-refractivity contribution in [3.8, 4) is 0 Å². The molecule has 0 spiro atoms. The van der Waals surface area contributed by atoms with Crippen molar-refractivity contribution >= 4 is 34.8 Å². The number of nitrogens with one attached hydrogen (secondary N) is 2. The van der Waals surface area contributed by atoms with Crippen molar-refractivity contribution in [1.29, 1.82) is 0 Å². The molecule has 1 aliphatic rings. The van der Waals surface area contributed by atoms with Crippen molar-refractivity contribution in [3.05, 3.63) is 58.9 Å². The number of hydrogen-bond acceptors (Lipinski definition) is 3. The van der Waals surface area contributed by atoms with Crippen LogP contribution in [0.5, 0.6) is 0 Å². The predicted octanol–water partition coefficient (Wildman–Crippen LogP) is 3.25. The molecular formula is C17H13ClF3N3O2. The maximum Gasteiger partial charge on any atom is 0.250 e. The van der Waals surface area contributed by atoms with E-state index in [0.717, 1.165) is 12.1 Å². The summed E-state index contributed by atoms with van der Waals surface area (Å²) in [5.41, 5.74) is 4.48. The van der Waals surface area contributed by atoms with Crippen LogP contribution < -0.4 is 15.8 Å². The van der Waals surface area contributed by atoms with E-state index in [1.807, 2.05) is 0 Å². The number of hydrogen-bond donors (Lipinski definition) is 2. The number of hydrazine groups is 1. The Morgan fingerprint density at radius 1 is 1.08 bits per heavy atom. The summed E-state index contributed by atoms with van der Waals surface area (Å²) < 4.78 is 39.6. The van der Waals surface area contributed by atoms with Crippen LogP contribution in [0.1, 0.15) is 6.42 Å². The molecule has 0 aromatic heterocycles. The molecule has 1 heterocycles. The Labute approximate surface area is 151 Å². The standard InChI is InChI=1S/C17H13ClF3N3O2/c18-9-1-3-10(4-2-9)24-8-7-11(17(24)26)16(25)23-22-13-6-5-12(19)14(20)15(13)21/h1-6,11,22H,7-8H2,(H,23,25). The molecule has 3 rings (SSSR count). The Bertz CT molecular complexity index is 861. The quantitative estimate of drug-likeness (QED) is 0.484. The molecule has 2 amide bonds. The molecule has 2 aromatic carbocycles. The number of benzene rings is 2. The number of halogens is 4. The Hall–Kier alpha value is -2.74. The van der Waals surface area contributed by atoms with Gasteiger partial charge in [-0.05, 0) is 42.8 Å². The second-order valence-corrected chi connectivity index (χ2v) is 6.08. The summed E-state index contributed by atoms with van der Waals surface area (Å²) in [4.78, 5) is 26.1. The summed E-state index contributed by atoms with van der Waals surface area (Å²) in [6.07, 6.45) is 0.259. The SMILES string of the molecule is O=C(NNc1ccc(F)c(F)c1F)C1CCN(c2ccc(Cl)cc2)C1=O. The molecule has 1 saturated heterocycles. The first-order chi connectivity index (χ1) is 12.4. The fraction of sp³-hybridized carbons (Fsp3) is 0.176. The smallest absolute Gasteiger partial charge is 0.250 e. The summed E-state index contributed by atoms with van der Waals surface area (Å²) in [5, 5.41) is 0.521. The van der Waals surface area contributed by atoms with Gasteiger partial charge >= 0.3 is 0 Å². The van der Waals surface area contributed by atoms with E-state index in [1.54, 1.807) is 24.3 Å². The lowest BCUT2D eigenvalue weighted by Gasteiger charge is -2.17. The van der Waals surface area contributed by atoms with Gasteiger partial charge < -0.3 is 4.90 Å². The van der Waals surface area contributed by atoms with Gasteiger partial charge in [0, 0.05) is 17.3 Å². The van der Waals surface area contributed by atoms with E-state index < -0.39 is 40.9 Å². The minimum Gasteiger partial charge on any atom is -0.312 e. The number of carbonyl (C=O) groups excluding carboxylic acids is 2. The van der Waals surface area contributed by atoms with E-state index in [4.69, 9.17) is 11.6 Å². The van der Waals surface area contributed by atoms with Crippen molar-refractivity contribution in [2.24, 2.45) is 5.92 Å². The van der Waals surface area contributed by atoms with Crippen LogP contribution in [-0.4, -0.2) is 18.4 Å². The van der Waals surface area contributed by atoms with Gasteiger partial charge in [-0.25, -0.2) is 13.2 Å². The fourth-order valence-corrected chi connectivity index (χ4v) is 2.77. The van der Waals surface area contributed by atoms with Crippen molar-refractivity contribution < 1.29 is 22.8 Å². The monoisotopic (exact) mass is 383 g/mol. The molecule has 2 aromatic rings. The summed E-state index contributed by atoms with van der Waals surface area (Å²) in [5.74, 6) is -6.57. The molecule has 136 valence electrons. The molecule has 0 bridgehead atoms. The lowest BCUT2D eigenvalue weighted by atomic mass is 10.1. The number of amides is 2. The maximum absolute atomic E-state index is 13.6. The van der Waals surface area contributed by atoms with E-state index in [9.17, 15) is 22.8 Å². The van der Waals surface area contributed by atoms with Crippen LogP contribution in [0.25, 0.3) is 0 Å². The zero-order valence-electron chi connectivity index (χ0n) is 13.2. The highest BCUT2D eigenvalue weighted by atomic mass is 35.5. The lowest BCUT2D eigenvalue weighted by Crippen LogP contribution is -2.39. The summed E-state index contributed by atoms with van der Waals surface area (Å²) >= 11 is 5.81. The van der Waals surface area contributed by atoms with Gasteiger partial charge in [-0.2, -0.15) is 0 Å². The van der Waals surface area contributed by atoms with Gasteiger partial charge in [-0.3, -0.25) is 20.4 Å². The first-order valence-corrected chi connectivity index (χ1v) is 8.02. The third kappa shape index (κ3) is 3.45. The first-order valence-electron chi connectivity index (χ1n) is 7.65. The Balaban J connectivity index is 1.65. The summed E-state index contributed by atoms with van der Waals surface area (Å²) in [7, 11) is 0. The van der Waals surface area contributed by atoms with E-state index in [2.05, 4.69) is 10.9 Å². The average molecular weight is 384 g/mol. The highest BCUT2D eigenvalue weighted by molar-refractivity contribution is 6.30. The van der Waals surface area contributed by atoms with Crippen molar-refractivity contribution in [2.75, 3.05) is 16.9 Å². The fourth-order valence-electron chi connectivity index (χ4n) is 2.64. The molecule has 5 nitrogen and oxygen atoms in total. The van der Waals surface area contributed by atoms with Crippen molar-refractivity contribution in [2.45, 2.75) is 6.42 Å². The zero-order chi connectivity index (χ0) is 18.8. The van der Waals surface area contributed by atoms with Crippen LogP contribution in [-0.2, 0) is 9.59 Å². The average Bonchev–Trinajstić information content (AvgIpc) is 3.01. The summed E-state index contributed by atoms with van der Waals surface area (Å²) in [6.45, 7) is 0.331. The maximum atomic E-state index is 13.6. The zero-order valence-corrected chi connectivity index (χ0v) is 14.0. The summed E-state index contributed by atoms with van der Waals surface area (Å²) in [6, 6.07) is 8.24. The minimum absolute atomic E-state index is 0.259. The molecular weight excluding hydrogens is 371 g/mol. The van der Waals surface area contributed by atoms with Crippen LogP contribution in [0.3, 0.4) is 0 Å². The van der Waals surface area contributed by atoms with E-state index >= 15 is 0 Å². The molecule has 1 fully saturated rings. The molecule has 0 saturated carbocycles. The number of nitrogens with zero attached hydrogens (tertiary/aromatic N) is 1. The second-order valence-electron chi connectivity index (χ2n) is 5.64. The molecule has 2 N–H and O–H groups in total. The van der Waals surface area contributed by atoms with Crippen LogP contribution in [0.4, 0.5) is 24.5 Å². The normalized spacial score (nSPS) is 16.7. The molecule has 26 heavy (non-hydrogen) atoms. The Morgan fingerprint density at radius 2 is 1.77 bits per heavy atom. The van der Waals surface area contributed by atoms with Gasteiger partial charge in [0.15, 0.2) is 17.5 Å². The third-order valence-electron chi connectivity index (χ3n) is 4.02. The Kier molecular flexibility index (Phi) is 5.03. The number of carbonyl (C=O) groups is 2. The largest absolute Gasteiger partial charge is 0.312 e. The van der Waals surface area contributed by atoms with Gasteiger partial charge in [0.1, 0.15) is 5.92 Å². The highest BCUT2D eigenvalue weighted by Gasteiger charge is 2.37. The van der Waals surface area contributed by atoms with Crippen molar-refractivity contribution in [3.63, 3.8) is 0 Å². The van der Waals surface area contributed by atoms with Crippen LogP contribution in [0.15, 0.2) is 36.4 Å². The van der Waals surface area contributed by atoms with E-state index in [0.29, 0.717) is 17.3 Å². The first kappa shape index (κ1) is 18.1. The molecule has 0 aliphatic carbocycles. The van der Waals surface area contributed by atoms with Crippen LogP contribution in [0.2, 0.25) is 5.02 Å². The topological polar surface area (TPSA) is 61.4 Å².